The molecule has 2 radical (unpaired) electrons. The van der Waals surface area contributed by atoms with Crippen molar-refractivity contribution in [3.63, 3.8) is 0 Å². The standard InChI is InChI=1S/C3H7NO2S.O/c4-2(1-7)3(5)6;/h2,7H,1,4H2,(H,5,6);/t2-;/m0./s1. The molecule has 0 unspecified atom stereocenters. The molecule has 0 aliphatic carbocycles. The van der Waals surface area contributed by atoms with Gasteiger partial charge in [0.15, 0.2) is 0 Å². The van der Waals surface area contributed by atoms with Crippen LogP contribution in [0.2, 0.25) is 0 Å². The molecule has 0 amide bonds. The van der Waals surface area contributed by atoms with E-state index in [9.17, 15) is 4.79 Å². The van der Waals surface area contributed by atoms with Crippen LogP contribution in [0.1, 0.15) is 0 Å². The molecule has 0 saturated carbocycles. The lowest BCUT2D eigenvalue weighted by Gasteiger charge is -1.96. The fourth-order valence-electron chi connectivity index (χ4n) is 0.0781. The Morgan fingerprint density at radius 3 is 2.25 bits per heavy atom. The van der Waals surface area contributed by atoms with Crippen LogP contribution in [0.25, 0.3) is 0 Å². The molecule has 48 valence electrons. The maximum atomic E-state index is 9.76. The topological polar surface area (TPSA) is 91.8 Å². The Hall–Kier alpha value is -0.260. The highest BCUT2D eigenvalue weighted by Crippen LogP contribution is 1.80. The molecule has 0 aromatic rings. The van der Waals surface area contributed by atoms with Gasteiger partial charge in [-0.15, -0.1) is 0 Å². The molecular formula is C3H7NO3S. The maximum absolute atomic E-state index is 9.76. The van der Waals surface area contributed by atoms with Gasteiger partial charge in [0.25, 0.3) is 0 Å². The molecule has 0 aromatic heterocycles. The molecule has 0 rings (SSSR count). The zero-order chi connectivity index (χ0) is 5.86. The lowest BCUT2D eigenvalue weighted by Crippen LogP contribution is -2.31. The van der Waals surface area contributed by atoms with Crippen LogP contribution in [0.15, 0.2) is 0 Å². The average molecular weight is 137 g/mol. The van der Waals surface area contributed by atoms with E-state index >= 15 is 0 Å². The number of rotatable bonds is 2. The van der Waals surface area contributed by atoms with Gasteiger partial charge in [-0.25, -0.2) is 0 Å². The van der Waals surface area contributed by atoms with Gasteiger partial charge < -0.3 is 10.8 Å². The number of carboxylic acid groups (broad SMARTS) is 1. The molecule has 8 heavy (non-hydrogen) atoms. The second-order valence-electron chi connectivity index (χ2n) is 1.13. The Morgan fingerprint density at radius 1 is 1.88 bits per heavy atom. The first kappa shape index (κ1) is 10.7. The van der Waals surface area contributed by atoms with Gasteiger partial charge in [-0.2, -0.15) is 12.6 Å². The Bertz CT molecular complexity index is 76.9. The third-order valence-electron chi connectivity index (χ3n) is 0.514. The number of hydrogen-bond acceptors (Lipinski definition) is 3. The van der Waals surface area contributed by atoms with Gasteiger partial charge in [-0.3, -0.25) is 4.79 Å². The average Bonchev–Trinajstić information content (AvgIpc) is 1.65. The van der Waals surface area contributed by atoms with E-state index in [-0.39, 0.29) is 11.2 Å². The number of carbonyl (C=O) groups is 1. The zero-order valence-corrected chi connectivity index (χ0v) is 4.97. The van der Waals surface area contributed by atoms with Crippen LogP contribution in [-0.2, 0) is 10.3 Å². The predicted molar refractivity (Wildman–Crippen MR) is 30.2 cm³/mol. The van der Waals surface area contributed by atoms with E-state index in [4.69, 9.17) is 10.8 Å². The minimum absolute atomic E-state index is 0. The summed E-state index contributed by atoms with van der Waals surface area (Å²) in [6.07, 6.45) is 0. The summed E-state index contributed by atoms with van der Waals surface area (Å²) < 4.78 is 0. The predicted octanol–water partition coefficient (Wildman–Crippen LogP) is -0.791. The molecule has 5 heteroatoms. The van der Waals surface area contributed by atoms with E-state index < -0.39 is 12.0 Å². The molecule has 0 aromatic carbocycles. The van der Waals surface area contributed by atoms with E-state index in [1.165, 1.54) is 0 Å². The second kappa shape index (κ2) is 4.89. The highest BCUT2D eigenvalue weighted by atomic mass is 32.1. The molecule has 0 bridgehead atoms. The number of hydrogen-bond donors (Lipinski definition) is 3. The van der Waals surface area contributed by atoms with Crippen molar-refractivity contribution in [3.8, 4) is 0 Å². The van der Waals surface area contributed by atoms with Crippen molar-refractivity contribution in [3.05, 3.63) is 0 Å². The Kier molecular flexibility index (Phi) is 6.52. The lowest BCUT2D eigenvalue weighted by atomic mass is 10.4. The van der Waals surface area contributed by atoms with Crippen LogP contribution in [0.3, 0.4) is 0 Å². The van der Waals surface area contributed by atoms with E-state index in [0.717, 1.165) is 0 Å². The van der Waals surface area contributed by atoms with Crippen molar-refractivity contribution in [1.29, 1.82) is 0 Å². The van der Waals surface area contributed by atoms with Crippen LogP contribution in [-0.4, -0.2) is 22.9 Å². The summed E-state index contributed by atoms with van der Waals surface area (Å²) >= 11 is 3.65. The summed E-state index contributed by atoms with van der Waals surface area (Å²) in [5.41, 5.74) is 4.94. The first-order chi connectivity index (χ1) is 3.18. The number of aliphatic carboxylic acids is 1. The molecule has 0 fully saturated rings. The number of carboxylic acids is 1. The zero-order valence-electron chi connectivity index (χ0n) is 4.07. The minimum Gasteiger partial charge on any atom is -0.480 e. The van der Waals surface area contributed by atoms with Crippen molar-refractivity contribution in [2.24, 2.45) is 5.73 Å². The molecule has 0 saturated heterocycles. The van der Waals surface area contributed by atoms with E-state index in [1.54, 1.807) is 0 Å². The van der Waals surface area contributed by atoms with Crippen molar-refractivity contribution >= 4 is 18.6 Å². The third kappa shape index (κ3) is 3.91. The van der Waals surface area contributed by atoms with Gasteiger partial charge in [-0.05, 0) is 0 Å². The molecule has 0 aliphatic rings. The van der Waals surface area contributed by atoms with Crippen molar-refractivity contribution in [2.75, 3.05) is 5.75 Å². The second-order valence-corrected chi connectivity index (χ2v) is 1.49. The van der Waals surface area contributed by atoms with Crippen LogP contribution >= 0.6 is 12.6 Å². The Balaban J connectivity index is 0. The Morgan fingerprint density at radius 2 is 2.25 bits per heavy atom. The van der Waals surface area contributed by atoms with Crippen LogP contribution < -0.4 is 5.73 Å². The summed E-state index contributed by atoms with van der Waals surface area (Å²) in [7, 11) is 0. The summed E-state index contributed by atoms with van der Waals surface area (Å²) in [4.78, 5) is 9.76. The monoisotopic (exact) mass is 137 g/mol. The van der Waals surface area contributed by atoms with Gasteiger partial charge in [0.2, 0.25) is 0 Å². The number of nitrogens with two attached hydrogens (primary N) is 1. The number of thiol groups is 1. The van der Waals surface area contributed by atoms with Crippen molar-refractivity contribution < 1.29 is 15.4 Å². The lowest BCUT2D eigenvalue weighted by molar-refractivity contribution is -0.137. The minimum atomic E-state index is -1.00. The van der Waals surface area contributed by atoms with Crippen LogP contribution in [0, 0.1) is 0 Å². The first-order valence-corrected chi connectivity index (χ1v) is 2.41. The first-order valence-electron chi connectivity index (χ1n) is 1.77. The molecule has 1 atom stereocenters. The summed E-state index contributed by atoms with van der Waals surface area (Å²) in [6.45, 7) is 0. The van der Waals surface area contributed by atoms with Gasteiger partial charge in [0.05, 0.1) is 0 Å². The molecular weight excluding hydrogens is 130 g/mol. The van der Waals surface area contributed by atoms with Gasteiger partial charge >= 0.3 is 5.97 Å². The third-order valence-corrected chi connectivity index (χ3v) is 0.907. The highest BCUT2D eigenvalue weighted by molar-refractivity contribution is 7.80. The van der Waals surface area contributed by atoms with Crippen LogP contribution in [0.4, 0.5) is 0 Å². The smallest absolute Gasteiger partial charge is 0.321 e. The summed E-state index contributed by atoms with van der Waals surface area (Å²) in [5.74, 6) is -0.815. The van der Waals surface area contributed by atoms with Crippen molar-refractivity contribution in [1.82, 2.24) is 0 Å². The van der Waals surface area contributed by atoms with E-state index in [0.29, 0.717) is 0 Å². The van der Waals surface area contributed by atoms with Gasteiger partial charge in [-0.1, -0.05) is 0 Å². The van der Waals surface area contributed by atoms with Gasteiger partial charge in [0.1, 0.15) is 6.04 Å². The Labute approximate surface area is 52.4 Å². The molecule has 4 nitrogen and oxygen atoms in total. The molecule has 0 spiro atoms. The largest absolute Gasteiger partial charge is 0.480 e. The normalized spacial score (nSPS) is 11.8. The quantitative estimate of drug-likeness (QED) is 0.435. The maximum Gasteiger partial charge on any atom is 0.321 e. The van der Waals surface area contributed by atoms with E-state index in [2.05, 4.69) is 12.6 Å². The van der Waals surface area contributed by atoms with E-state index in [1.807, 2.05) is 0 Å². The van der Waals surface area contributed by atoms with Crippen molar-refractivity contribution in [2.45, 2.75) is 6.04 Å². The summed E-state index contributed by atoms with van der Waals surface area (Å²) in [5, 5.41) is 8.01. The van der Waals surface area contributed by atoms with Crippen LogP contribution in [0.5, 0.6) is 0 Å². The summed E-state index contributed by atoms with van der Waals surface area (Å²) in [6, 6.07) is -0.816. The highest BCUT2D eigenvalue weighted by Gasteiger charge is 2.06. The fraction of sp³-hybridized carbons (Fsp3) is 0.667. The fourth-order valence-corrected chi connectivity index (χ4v) is 0.234. The molecule has 0 aliphatic heterocycles. The molecule has 3 N–H and O–H groups in total. The van der Waals surface area contributed by atoms with Gasteiger partial charge in [0, 0.05) is 11.2 Å². The molecule has 0 heterocycles. The SMILES string of the molecule is N[C@@H](CS)C(=O)O.[O].